The third-order valence-corrected chi connectivity index (χ3v) is 3.73. The van der Waals surface area contributed by atoms with Crippen LogP contribution in [0.3, 0.4) is 0 Å². The molecule has 0 amide bonds. The molecule has 4 heteroatoms. The molecule has 0 radical (unpaired) electrons. The highest BCUT2D eigenvalue weighted by molar-refractivity contribution is 5.90. The molecule has 1 unspecified atom stereocenters. The van der Waals surface area contributed by atoms with Crippen molar-refractivity contribution >= 4 is 16.6 Å². The summed E-state index contributed by atoms with van der Waals surface area (Å²) in [5, 5.41) is 11.9. The molecule has 0 spiro atoms. The van der Waals surface area contributed by atoms with Crippen LogP contribution in [0.4, 0.5) is 5.69 Å². The van der Waals surface area contributed by atoms with Gasteiger partial charge in [-0.3, -0.25) is 5.10 Å². The standard InChI is InChI=1S/C17H19N3O/c1-3-14(13-8-4-5-10-16(13)21-2)19-15-9-6-7-12-11-18-20-17(12)15/h4-11,14,19H,3H2,1-2H3,(H,18,20). The fraction of sp³-hybridized carbons (Fsp3) is 0.235. The zero-order valence-electron chi connectivity index (χ0n) is 12.3. The van der Waals surface area contributed by atoms with E-state index in [0.29, 0.717) is 0 Å². The van der Waals surface area contributed by atoms with E-state index in [1.807, 2.05) is 36.5 Å². The highest BCUT2D eigenvalue weighted by Crippen LogP contribution is 2.31. The topological polar surface area (TPSA) is 49.9 Å². The lowest BCUT2D eigenvalue weighted by molar-refractivity contribution is 0.406. The highest BCUT2D eigenvalue weighted by Gasteiger charge is 2.15. The van der Waals surface area contributed by atoms with E-state index in [4.69, 9.17) is 4.74 Å². The first-order valence-corrected chi connectivity index (χ1v) is 7.15. The van der Waals surface area contributed by atoms with Crippen LogP contribution < -0.4 is 10.1 Å². The van der Waals surface area contributed by atoms with Crippen molar-refractivity contribution in [2.24, 2.45) is 0 Å². The molecule has 2 aromatic carbocycles. The van der Waals surface area contributed by atoms with Crippen molar-refractivity contribution in [1.29, 1.82) is 0 Å². The van der Waals surface area contributed by atoms with E-state index >= 15 is 0 Å². The van der Waals surface area contributed by atoms with Crippen LogP contribution in [-0.4, -0.2) is 17.3 Å². The van der Waals surface area contributed by atoms with Crippen LogP contribution in [-0.2, 0) is 0 Å². The van der Waals surface area contributed by atoms with E-state index in [0.717, 1.165) is 28.8 Å². The second-order valence-corrected chi connectivity index (χ2v) is 4.99. The number of nitrogens with zero attached hydrogens (tertiary/aromatic N) is 1. The van der Waals surface area contributed by atoms with Crippen molar-refractivity contribution in [1.82, 2.24) is 10.2 Å². The molecule has 0 bridgehead atoms. The average Bonchev–Trinajstić information content (AvgIpc) is 3.02. The number of nitrogens with one attached hydrogen (secondary N) is 2. The molecule has 1 aromatic heterocycles. The molecule has 0 aliphatic rings. The first-order valence-electron chi connectivity index (χ1n) is 7.15. The van der Waals surface area contributed by atoms with Gasteiger partial charge in [0.15, 0.2) is 0 Å². The molecule has 4 nitrogen and oxygen atoms in total. The lowest BCUT2D eigenvalue weighted by atomic mass is 10.0. The number of H-pyrrole nitrogens is 1. The van der Waals surface area contributed by atoms with E-state index in [1.54, 1.807) is 7.11 Å². The minimum absolute atomic E-state index is 0.190. The van der Waals surface area contributed by atoms with Gasteiger partial charge in [0.25, 0.3) is 0 Å². The second kappa shape index (κ2) is 5.87. The number of fused-ring (bicyclic) bond motifs is 1. The third kappa shape index (κ3) is 2.57. The molecule has 0 fully saturated rings. The van der Waals surface area contributed by atoms with Crippen molar-refractivity contribution < 1.29 is 4.74 Å². The summed E-state index contributed by atoms with van der Waals surface area (Å²) in [7, 11) is 1.71. The molecule has 0 aliphatic carbocycles. The number of benzene rings is 2. The van der Waals surface area contributed by atoms with Crippen LogP contribution in [0, 0.1) is 0 Å². The smallest absolute Gasteiger partial charge is 0.124 e. The van der Waals surface area contributed by atoms with Gasteiger partial charge in [-0.25, -0.2) is 0 Å². The van der Waals surface area contributed by atoms with Crippen LogP contribution in [0.1, 0.15) is 24.9 Å². The molecular formula is C17H19N3O. The number of ether oxygens (including phenoxy) is 1. The van der Waals surface area contributed by atoms with Crippen molar-refractivity contribution in [3.8, 4) is 5.75 Å². The maximum atomic E-state index is 5.48. The number of hydrogen-bond donors (Lipinski definition) is 2. The van der Waals surface area contributed by atoms with Crippen molar-refractivity contribution in [2.75, 3.05) is 12.4 Å². The van der Waals surface area contributed by atoms with Gasteiger partial charge in [-0.2, -0.15) is 5.10 Å². The van der Waals surface area contributed by atoms with Crippen molar-refractivity contribution in [3.05, 3.63) is 54.2 Å². The number of methoxy groups -OCH3 is 1. The summed E-state index contributed by atoms with van der Waals surface area (Å²) in [5.74, 6) is 0.911. The Bertz CT molecular complexity index is 735. The lowest BCUT2D eigenvalue weighted by Crippen LogP contribution is -2.11. The summed E-state index contributed by atoms with van der Waals surface area (Å²) in [4.78, 5) is 0. The Morgan fingerprint density at radius 1 is 1.19 bits per heavy atom. The highest BCUT2D eigenvalue weighted by atomic mass is 16.5. The Hall–Kier alpha value is -2.49. The van der Waals surface area contributed by atoms with E-state index in [-0.39, 0.29) is 6.04 Å². The molecule has 3 rings (SSSR count). The SMILES string of the molecule is CCC(Nc1cccc2cn[nH]c12)c1ccccc1OC. The van der Waals surface area contributed by atoms with Crippen LogP contribution in [0.2, 0.25) is 0 Å². The Kier molecular flexibility index (Phi) is 3.77. The van der Waals surface area contributed by atoms with Gasteiger partial charge in [-0.1, -0.05) is 37.3 Å². The third-order valence-electron chi connectivity index (χ3n) is 3.73. The minimum atomic E-state index is 0.190. The Morgan fingerprint density at radius 3 is 2.86 bits per heavy atom. The molecular weight excluding hydrogens is 262 g/mol. The van der Waals surface area contributed by atoms with Gasteiger partial charge in [0.05, 0.1) is 30.6 Å². The summed E-state index contributed by atoms with van der Waals surface area (Å²) in [5.41, 5.74) is 3.26. The fourth-order valence-corrected chi connectivity index (χ4v) is 2.63. The molecule has 0 saturated heterocycles. The predicted molar refractivity (Wildman–Crippen MR) is 85.7 cm³/mol. The van der Waals surface area contributed by atoms with Gasteiger partial charge in [0, 0.05) is 10.9 Å². The second-order valence-electron chi connectivity index (χ2n) is 4.99. The molecule has 1 atom stereocenters. The number of aromatic nitrogens is 2. The predicted octanol–water partition coefficient (Wildman–Crippen LogP) is 4.13. The van der Waals surface area contributed by atoms with E-state index < -0.39 is 0 Å². The van der Waals surface area contributed by atoms with Crippen LogP contribution in [0.5, 0.6) is 5.75 Å². The van der Waals surface area contributed by atoms with Crippen LogP contribution >= 0.6 is 0 Å². The van der Waals surface area contributed by atoms with Gasteiger partial charge in [-0.15, -0.1) is 0 Å². The maximum absolute atomic E-state index is 5.48. The number of aromatic amines is 1. The van der Waals surface area contributed by atoms with Crippen molar-refractivity contribution in [3.63, 3.8) is 0 Å². The number of para-hydroxylation sites is 2. The zero-order valence-corrected chi connectivity index (χ0v) is 12.3. The van der Waals surface area contributed by atoms with Gasteiger partial charge in [0.1, 0.15) is 5.75 Å². The summed E-state index contributed by atoms with van der Waals surface area (Å²) in [6.45, 7) is 2.16. The molecule has 21 heavy (non-hydrogen) atoms. The maximum Gasteiger partial charge on any atom is 0.124 e. The Labute approximate surface area is 124 Å². The number of rotatable bonds is 5. The number of anilines is 1. The molecule has 3 aromatic rings. The summed E-state index contributed by atoms with van der Waals surface area (Å²) >= 11 is 0. The molecule has 2 N–H and O–H groups in total. The molecule has 0 aliphatic heterocycles. The van der Waals surface area contributed by atoms with Crippen LogP contribution in [0.15, 0.2) is 48.7 Å². The quantitative estimate of drug-likeness (QED) is 0.739. The van der Waals surface area contributed by atoms with Crippen LogP contribution in [0.25, 0.3) is 10.9 Å². The van der Waals surface area contributed by atoms with Gasteiger partial charge < -0.3 is 10.1 Å². The van der Waals surface area contributed by atoms with E-state index in [9.17, 15) is 0 Å². The first-order chi connectivity index (χ1) is 10.3. The van der Waals surface area contributed by atoms with Crippen molar-refractivity contribution in [2.45, 2.75) is 19.4 Å². The summed E-state index contributed by atoms with van der Waals surface area (Å²) in [6.07, 6.45) is 2.80. The minimum Gasteiger partial charge on any atom is -0.496 e. The Balaban J connectivity index is 1.96. The van der Waals surface area contributed by atoms with Gasteiger partial charge >= 0.3 is 0 Å². The lowest BCUT2D eigenvalue weighted by Gasteiger charge is -2.21. The van der Waals surface area contributed by atoms with E-state index in [2.05, 4.69) is 34.6 Å². The largest absolute Gasteiger partial charge is 0.496 e. The molecule has 1 heterocycles. The number of hydrogen-bond acceptors (Lipinski definition) is 3. The zero-order chi connectivity index (χ0) is 14.7. The summed E-state index contributed by atoms with van der Waals surface area (Å²) < 4.78 is 5.48. The Morgan fingerprint density at radius 2 is 2.05 bits per heavy atom. The molecule has 0 saturated carbocycles. The first kappa shape index (κ1) is 13.5. The monoisotopic (exact) mass is 281 g/mol. The van der Waals surface area contributed by atoms with Gasteiger partial charge in [-0.05, 0) is 18.6 Å². The molecule has 108 valence electrons. The normalized spacial score (nSPS) is 12.3. The fourth-order valence-electron chi connectivity index (χ4n) is 2.63. The summed E-state index contributed by atoms with van der Waals surface area (Å²) in [6, 6.07) is 14.5. The van der Waals surface area contributed by atoms with Gasteiger partial charge in [0.2, 0.25) is 0 Å². The van der Waals surface area contributed by atoms with E-state index in [1.165, 1.54) is 5.56 Å². The average molecular weight is 281 g/mol.